The van der Waals surface area contributed by atoms with Gasteiger partial charge < -0.3 is 19.8 Å². The lowest BCUT2D eigenvalue weighted by Gasteiger charge is -2.08. The van der Waals surface area contributed by atoms with Gasteiger partial charge in [-0.1, -0.05) is 24.3 Å². The number of carbonyl (C=O) groups is 1. The zero-order valence-corrected chi connectivity index (χ0v) is 15.7. The number of aromatic nitrogens is 2. The lowest BCUT2D eigenvalue weighted by Crippen LogP contribution is -2.29. The van der Waals surface area contributed by atoms with Crippen LogP contribution in [0.2, 0.25) is 0 Å². The summed E-state index contributed by atoms with van der Waals surface area (Å²) >= 11 is 0. The van der Waals surface area contributed by atoms with Crippen LogP contribution in [0, 0.1) is 0 Å². The molecule has 1 aromatic heterocycles. The number of nitrogens with one attached hydrogen (secondary N) is 2. The smallest absolute Gasteiger partial charge is 0.346 e. The molecule has 7 heteroatoms. The predicted octanol–water partition coefficient (Wildman–Crippen LogP) is 2.43. The Morgan fingerprint density at radius 3 is 2.50 bits per heavy atom. The van der Waals surface area contributed by atoms with Crippen LogP contribution in [-0.4, -0.2) is 36.6 Å². The van der Waals surface area contributed by atoms with Crippen molar-refractivity contribution in [2.24, 2.45) is 0 Å². The molecule has 0 bridgehead atoms. The van der Waals surface area contributed by atoms with Crippen molar-refractivity contribution < 1.29 is 14.3 Å². The first-order valence-corrected chi connectivity index (χ1v) is 8.76. The minimum absolute atomic E-state index is 0.156. The Labute approximate surface area is 162 Å². The van der Waals surface area contributed by atoms with Crippen molar-refractivity contribution in [2.45, 2.75) is 6.42 Å². The number of hydrogen-bond acceptors (Lipinski definition) is 5. The van der Waals surface area contributed by atoms with Gasteiger partial charge in [-0.3, -0.25) is 4.79 Å². The highest BCUT2D eigenvalue weighted by atomic mass is 16.5. The lowest BCUT2D eigenvalue weighted by atomic mass is 10.1. The summed E-state index contributed by atoms with van der Waals surface area (Å²) < 4.78 is 10.4. The standard InChI is InChI=1S/C21H21N3O4/c1-27-16-7-3-5-14(11-16)9-10-22-20(25)19-13-18(23-21(26)24-19)15-6-4-8-17(12-15)28-2/h3-8,11-13H,9-10H2,1-2H3,(H,22,25)(H,23,24,26). The fourth-order valence-electron chi connectivity index (χ4n) is 2.75. The van der Waals surface area contributed by atoms with Gasteiger partial charge in [-0.15, -0.1) is 0 Å². The molecule has 0 aliphatic carbocycles. The highest BCUT2D eigenvalue weighted by Crippen LogP contribution is 2.21. The molecular weight excluding hydrogens is 358 g/mol. The van der Waals surface area contributed by atoms with Crippen molar-refractivity contribution in [1.29, 1.82) is 0 Å². The van der Waals surface area contributed by atoms with Gasteiger partial charge in [0.2, 0.25) is 0 Å². The van der Waals surface area contributed by atoms with Gasteiger partial charge in [-0.2, -0.15) is 4.98 Å². The monoisotopic (exact) mass is 379 g/mol. The van der Waals surface area contributed by atoms with Gasteiger partial charge in [-0.05, 0) is 42.3 Å². The molecule has 0 aliphatic heterocycles. The number of H-pyrrole nitrogens is 1. The Morgan fingerprint density at radius 1 is 1.04 bits per heavy atom. The molecule has 0 saturated heterocycles. The zero-order valence-electron chi connectivity index (χ0n) is 15.7. The molecule has 0 spiro atoms. The Bertz CT molecular complexity index is 1030. The Balaban J connectivity index is 1.71. The highest BCUT2D eigenvalue weighted by molar-refractivity contribution is 5.93. The summed E-state index contributed by atoms with van der Waals surface area (Å²) in [6.07, 6.45) is 0.640. The number of nitrogens with zero attached hydrogens (tertiary/aromatic N) is 1. The summed E-state index contributed by atoms with van der Waals surface area (Å²) in [6, 6.07) is 16.3. The number of ether oxygens (including phenoxy) is 2. The molecule has 0 unspecified atom stereocenters. The number of carbonyl (C=O) groups excluding carboxylic acids is 1. The number of amides is 1. The number of methoxy groups -OCH3 is 2. The van der Waals surface area contributed by atoms with E-state index in [-0.39, 0.29) is 11.6 Å². The third-order valence-corrected chi connectivity index (χ3v) is 4.19. The van der Waals surface area contributed by atoms with Crippen LogP contribution in [0.5, 0.6) is 11.5 Å². The van der Waals surface area contributed by atoms with E-state index in [1.807, 2.05) is 24.3 Å². The van der Waals surface area contributed by atoms with E-state index in [1.165, 1.54) is 0 Å². The fourth-order valence-corrected chi connectivity index (χ4v) is 2.75. The van der Waals surface area contributed by atoms with E-state index in [2.05, 4.69) is 15.3 Å². The van der Waals surface area contributed by atoms with Crippen LogP contribution < -0.4 is 20.5 Å². The van der Waals surface area contributed by atoms with E-state index in [0.717, 1.165) is 11.3 Å². The number of aromatic amines is 1. The average Bonchev–Trinajstić information content (AvgIpc) is 2.73. The van der Waals surface area contributed by atoms with Gasteiger partial charge in [0.25, 0.3) is 5.91 Å². The van der Waals surface area contributed by atoms with Crippen LogP contribution in [-0.2, 0) is 6.42 Å². The van der Waals surface area contributed by atoms with Crippen molar-refractivity contribution >= 4 is 5.91 Å². The SMILES string of the molecule is COc1cccc(CCNC(=O)c2cc(-c3cccc(OC)c3)nc(=O)[nH]2)c1. The van der Waals surface area contributed by atoms with Crippen LogP contribution in [0.3, 0.4) is 0 Å². The van der Waals surface area contributed by atoms with Gasteiger partial charge in [-0.25, -0.2) is 4.79 Å². The van der Waals surface area contributed by atoms with Crippen molar-refractivity contribution in [3.05, 3.63) is 76.3 Å². The van der Waals surface area contributed by atoms with E-state index in [9.17, 15) is 9.59 Å². The first-order valence-electron chi connectivity index (χ1n) is 8.76. The van der Waals surface area contributed by atoms with Crippen LogP contribution in [0.4, 0.5) is 0 Å². The zero-order chi connectivity index (χ0) is 19.9. The highest BCUT2D eigenvalue weighted by Gasteiger charge is 2.11. The molecule has 2 N–H and O–H groups in total. The molecule has 3 aromatic rings. The van der Waals surface area contributed by atoms with Crippen molar-refractivity contribution in [3.63, 3.8) is 0 Å². The van der Waals surface area contributed by atoms with Gasteiger partial charge in [0, 0.05) is 12.1 Å². The molecule has 3 rings (SSSR count). The van der Waals surface area contributed by atoms with Crippen LogP contribution in [0.25, 0.3) is 11.3 Å². The maximum absolute atomic E-state index is 12.5. The maximum atomic E-state index is 12.5. The molecule has 144 valence electrons. The predicted molar refractivity (Wildman–Crippen MR) is 106 cm³/mol. The van der Waals surface area contributed by atoms with Gasteiger partial charge in [0.1, 0.15) is 17.2 Å². The Hall–Kier alpha value is -3.61. The quantitative estimate of drug-likeness (QED) is 0.658. The first kappa shape index (κ1) is 19.2. The van der Waals surface area contributed by atoms with E-state index in [1.54, 1.807) is 44.6 Å². The van der Waals surface area contributed by atoms with E-state index in [0.29, 0.717) is 30.0 Å². The second kappa shape index (κ2) is 8.85. The normalized spacial score (nSPS) is 10.4. The average molecular weight is 379 g/mol. The summed E-state index contributed by atoms with van der Waals surface area (Å²) in [5, 5.41) is 2.81. The molecule has 0 aliphatic rings. The van der Waals surface area contributed by atoms with Gasteiger partial charge >= 0.3 is 5.69 Å². The van der Waals surface area contributed by atoms with Crippen LogP contribution in [0.1, 0.15) is 16.1 Å². The largest absolute Gasteiger partial charge is 0.497 e. The molecule has 0 radical (unpaired) electrons. The van der Waals surface area contributed by atoms with Crippen molar-refractivity contribution in [2.75, 3.05) is 20.8 Å². The molecule has 1 amide bonds. The molecule has 28 heavy (non-hydrogen) atoms. The maximum Gasteiger partial charge on any atom is 0.346 e. The number of benzene rings is 2. The third-order valence-electron chi connectivity index (χ3n) is 4.19. The molecular formula is C21H21N3O4. The van der Waals surface area contributed by atoms with E-state index < -0.39 is 5.69 Å². The van der Waals surface area contributed by atoms with Crippen LogP contribution >= 0.6 is 0 Å². The molecule has 1 heterocycles. The van der Waals surface area contributed by atoms with Crippen molar-refractivity contribution in [1.82, 2.24) is 15.3 Å². The molecule has 2 aromatic carbocycles. The summed E-state index contributed by atoms with van der Waals surface area (Å²) in [5.74, 6) is 1.04. The van der Waals surface area contributed by atoms with E-state index >= 15 is 0 Å². The topological polar surface area (TPSA) is 93.3 Å². The second-order valence-corrected chi connectivity index (χ2v) is 6.07. The summed E-state index contributed by atoms with van der Waals surface area (Å²) in [7, 11) is 3.17. The molecule has 0 saturated carbocycles. The number of hydrogen-bond donors (Lipinski definition) is 2. The van der Waals surface area contributed by atoms with Gasteiger partial charge in [0.05, 0.1) is 19.9 Å². The van der Waals surface area contributed by atoms with Gasteiger partial charge in [0.15, 0.2) is 0 Å². The minimum Gasteiger partial charge on any atom is -0.497 e. The van der Waals surface area contributed by atoms with Crippen LogP contribution in [0.15, 0.2) is 59.4 Å². The minimum atomic E-state index is -0.585. The summed E-state index contributed by atoms with van der Waals surface area (Å²) in [6.45, 7) is 0.421. The van der Waals surface area contributed by atoms with E-state index in [4.69, 9.17) is 9.47 Å². The molecule has 7 nitrogen and oxygen atoms in total. The summed E-state index contributed by atoms with van der Waals surface area (Å²) in [5.41, 5.74) is 1.71. The Kier molecular flexibility index (Phi) is 6.06. The third kappa shape index (κ3) is 4.76. The second-order valence-electron chi connectivity index (χ2n) is 6.07. The molecule has 0 atom stereocenters. The first-order chi connectivity index (χ1) is 13.6. The Morgan fingerprint density at radius 2 is 1.75 bits per heavy atom. The fraction of sp³-hybridized carbons (Fsp3) is 0.190. The summed E-state index contributed by atoms with van der Waals surface area (Å²) in [4.78, 5) is 30.8. The molecule has 0 fully saturated rings. The van der Waals surface area contributed by atoms with Crippen molar-refractivity contribution in [3.8, 4) is 22.8 Å². The number of rotatable bonds is 7. The lowest BCUT2D eigenvalue weighted by molar-refractivity contribution is 0.0948.